The Bertz CT molecular complexity index is 6340. The van der Waals surface area contributed by atoms with E-state index < -0.39 is 47.2 Å². The molecule has 0 spiro atoms. The van der Waals surface area contributed by atoms with Gasteiger partial charge in [-0.15, -0.1) is 0 Å². The summed E-state index contributed by atoms with van der Waals surface area (Å²) < 4.78 is 29.7. The van der Waals surface area contributed by atoms with Crippen molar-refractivity contribution < 1.29 is 63.6 Å². The van der Waals surface area contributed by atoms with Gasteiger partial charge in [-0.05, 0) is 138 Å². The average Bonchev–Trinajstić information content (AvgIpc) is 0.735. The Balaban J connectivity index is 0.000000130. The summed E-state index contributed by atoms with van der Waals surface area (Å²) in [6.07, 6.45) is 1.11. The van der Waals surface area contributed by atoms with E-state index in [4.69, 9.17) is 53.6 Å². The van der Waals surface area contributed by atoms with Gasteiger partial charge in [-0.1, -0.05) is 140 Å². The van der Waals surface area contributed by atoms with Gasteiger partial charge in [0.15, 0.2) is 5.78 Å². The lowest BCUT2D eigenvalue weighted by molar-refractivity contribution is -0.0396. The van der Waals surface area contributed by atoms with Gasteiger partial charge in [0.2, 0.25) is 0 Å². The molecule has 115 heavy (non-hydrogen) atoms. The summed E-state index contributed by atoms with van der Waals surface area (Å²) in [5.74, 6) is 3.07. The fourth-order valence-corrected chi connectivity index (χ4v) is 15.6. The molecular weight excluding hydrogens is 1450 g/mol. The molecule has 15 aromatic rings. The number of carbonyl (C=O) groups is 3. The molecule has 0 bridgehead atoms. The maximum atomic E-state index is 13.2. The van der Waals surface area contributed by atoms with Crippen LogP contribution in [-0.4, -0.2) is 148 Å². The van der Waals surface area contributed by atoms with Gasteiger partial charge in [0.05, 0.1) is 124 Å². The van der Waals surface area contributed by atoms with Crippen LogP contribution >= 0.6 is 0 Å². The molecule has 0 aliphatic carbocycles. The number of ether oxygens (including phenoxy) is 5. The number of aliphatic hydroxyl groups is 5. The van der Waals surface area contributed by atoms with Gasteiger partial charge in [0.25, 0.3) is 11.8 Å². The Labute approximate surface area is 663 Å². The number of fused-ring (bicyclic) bond motifs is 21. The van der Waals surface area contributed by atoms with E-state index in [0.29, 0.717) is 123 Å². The van der Waals surface area contributed by atoms with Gasteiger partial charge < -0.3 is 59.9 Å². The van der Waals surface area contributed by atoms with Crippen LogP contribution in [0.2, 0.25) is 0 Å². The summed E-state index contributed by atoms with van der Waals surface area (Å²) in [7, 11) is 3.22. The van der Waals surface area contributed by atoms with Crippen LogP contribution in [0.3, 0.4) is 0 Å². The number of aromatic nitrogens is 6. The SMILES string of the molecule is CC1(C)Oc2c(c3nc4cc(C(=O)NC(CO)Cc5ccccc5)ccc4nc3c3ccccc23)CC1O.CC1(C)Oc2c(c3nc4ccc(C(=O)NC(CO)Cc5ccccc5)cc4nc3c3ccccc23)CC1O.COc1ccc(CCC(=O)c2ccc3nc4c5c(c6ccccc6c4nc3c2)OC(C)(C)C(O)C5)c(OC)c1. The predicted octanol–water partition coefficient (Wildman–Crippen LogP) is 14.5. The lowest BCUT2D eigenvalue weighted by atomic mass is 9.88. The van der Waals surface area contributed by atoms with Crippen LogP contribution in [0.15, 0.2) is 206 Å². The van der Waals surface area contributed by atoms with Gasteiger partial charge in [0, 0.05) is 97.4 Å². The number of rotatable bonds is 16. The molecule has 3 aliphatic rings. The van der Waals surface area contributed by atoms with Crippen LogP contribution in [0.4, 0.5) is 0 Å². The lowest BCUT2D eigenvalue weighted by Crippen LogP contribution is -2.46. The zero-order valence-corrected chi connectivity index (χ0v) is 65.1. The molecule has 12 aromatic carbocycles. The average molecular weight is 1540 g/mol. The van der Waals surface area contributed by atoms with Crippen LogP contribution in [0.5, 0.6) is 28.7 Å². The molecule has 7 N–H and O–H groups in total. The summed E-state index contributed by atoms with van der Waals surface area (Å²) in [5, 5.41) is 63.5. The van der Waals surface area contributed by atoms with E-state index >= 15 is 0 Å². The molecule has 0 fully saturated rings. The second kappa shape index (κ2) is 31.2. The molecule has 0 radical (unpaired) electrons. The first-order valence-electron chi connectivity index (χ1n) is 38.7. The monoisotopic (exact) mass is 1540 g/mol. The topological polar surface area (TPSA) is 300 Å². The lowest BCUT2D eigenvalue weighted by Gasteiger charge is -2.38. The Hall–Kier alpha value is -12.4. The number of nitrogens with zero attached hydrogens (tertiary/aromatic N) is 6. The third kappa shape index (κ3) is 15.1. The van der Waals surface area contributed by atoms with Crippen molar-refractivity contribution in [3.63, 3.8) is 0 Å². The minimum Gasteiger partial charge on any atom is -0.497 e. The number of Topliss-reactive ketones (excluding diaryl/α,β-unsaturated/α-hetero) is 1. The Morgan fingerprint density at radius 2 is 0.748 bits per heavy atom. The van der Waals surface area contributed by atoms with Crippen molar-refractivity contribution in [2.45, 2.75) is 134 Å². The predicted molar refractivity (Wildman–Crippen MR) is 446 cm³/mol. The summed E-state index contributed by atoms with van der Waals surface area (Å²) in [5.41, 5.74) is 12.9. The van der Waals surface area contributed by atoms with Crippen LogP contribution in [0.1, 0.15) is 112 Å². The third-order valence-electron chi connectivity index (χ3n) is 22.4. The minimum atomic E-state index is -0.734. The molecule has 5 atom stereocenters. The van der Waals surface area contributed by atoms with Crippen LogP contribution in [0.25, 0.3) is 98.5 Å². The third-order valence-corrected chi connectivity index (χ3v) is 22.4. The molecule has 0 saturated carbocycles. The van der Waals surface area contributed by atoms with Crippen molar-refractivity contribution >= 4 is 116 Å². The fourth-order valence-electron chi connectivity index (χ4n) is 15.6. The normalized spacial score (nSPS) is 16.9. The maximum absolute atomic E-state index is 13.2. The highest BCUT2D eigenvalue weighted by Gasteiger charge is 2.41. The molecule has 2 amide bonds. The largest absolute Gasteiger partial charge is 0.497 e. The number of aliphatic hydroxyl groups excluding tert-OH is 5. The van der Waals surface area contributed by atoms with Crippen LogP contribution in [0, 0.1) is 0 Å². The van der Waals surface area contributed by atoms with Gasteiger partial charge in [-0.2, -0.15) is 0 Å². The second-order valence-corrected chi connectivity index (χ2v) is 31.4. The highest BCUT2D eigenvalue weighted by Crippen LogP contribution is 2.47. The number of methoxy groups -OCH3 is 2. The molecule has 0 saturated heterocycles. The van der Waals surface area contributed by atoms with E-state index in [1.165, 1.54) is 0 Å². The maximum Gasteiger partial charge on any atom is 0.251 e. The standard InChI is InChI=1S/C32H30N2O5.2C31H29N3O4/c1-32(2)28(36)17-23-30-29(21-7-5-6-8-22(21)31(23)39-32)34-25-15-19(10-13-24(25)33-30)26(35)14-11-18-9-12-20(37-3)16-27(18)38-4;1-31(2)26(36)16-23-28-27(21-10-6-7-11-22(21)29(23)38-31)34-25-15-19(12-13-24(25)33-28)30(37)32-20(17-35)14-18-8-4-3-5-9-18;1-31(2)26(36)16-23-28-27(21-10-6-7-11-22(21)29(23)38-31)33-24-13-12-19(15-25(24)34-28)30(37)32-20(17-35)14-18-8-4-3-5-9-18/h5-10,12-13,15-16,28,36H,11,14,17H2,1-4H3;2*3-13,15,20,26,35-36H,14,16-17H2,1-2H3,(H,32,37). The van der Waals surface area contributed by atoms with Crippen molar-refractivity contribution in [3.05, 3.63) is 256 Å². The van der Waals surface area contributed by atoms with E-state index in [0.717, 1.165) is 99.5 Å². The second-order valence-electron chi connectivity index (χ2n) is 31.4. The summed E-state index contributed by atoms with van der Waals surface area (Å²) in [6, 6.07) is 64.0. The quantitative estimate of drug-likeness (QED) is 0.0269. The van der Waals surface area contributed by atoms with Gasteiger partial charge in [-0.25, -0.2) is 29.9 Å². The number of hydrogen-bond acceptors (Lipinski definition) is 19. The Kier molecular flexibility index (Phi) is 20.8. The number of hydrogen-bond donors (Lipinski definition) is 7. The first-order valence-corrected chi connectivity index (χ1v) is 38.7. The van der Waals surface area contributed by atoms with Crippen molar-refractivity contribution in [2.75, 3.05) is 27.4 Å². The smallest absolute Gasteiger partial charge is 0.251 e. The molecule has 582 valence electrons. The van der Waals surface area contributed by atoms with E-state index in [9.17, 15) is 39.9 Å². The number of aryl methyl sites for hydroxylation is 1. The zero-order chi connectivity index (χ0) is 80.2. The van der Waals surface area contributed by atoms with E-state index in [-0.39, 0.29) is 30.8 Å². The summed E-state index contributed by atoms with van der Waals surface area (Å²) in [6.45, 7) is 11.0. The van der Waals surface area contributed by atoms with E-state index in [1.807, 2.05) is 205 Å². The van der Waals surface area contributed by atoms with Gasteiger partial charge >= 0.3 is 0 Å². The molecule has 21 nitrogen and oxygen atoms in total. The highest BCUT2D eigenvalue weighted by atomic mass is 16.5. The van der Waals surface area contributed by atoms with Crippen LogP contribution in [-0.2, 0) is 38.5 Å². The molecule has 5 unspecified atom stereocenters. The van der Waals surface area contributed by atoms with Crippen molar-refractivity contribution in [1.82, 2.24) is 40.5 Å². The van der Waals surface area contributed by atoms with Gasteiger partial charge in [-0.3, -0.25) is 14.4 Å². The summed E-state index contributed by atoms with van der Waals surface area (Å²) >= 11 is 0. The molecule has 6 heterocycles. The zero-order valence-electron chi connectivity index (χ0n) is 65.1. The molecule has 3 aliphatic heterocycles. The van der Waals surface area contributed by atoms with E-state index in [1.54, 1.807) is 56.7 Å². The van der Waals surface area contributed by atoms with E-state index in [2.05, 4.69) is 10.6 Å². The number of benzene rings is 12. The molecule has 18 rings (SSSR count). The molecule has 21 heteroatoms. The first kappa shape index (κ1) is 76.6. The molecule has 3 aromatic heterocycles. The van der Waals surface area contributed by atoms with Crippen molar-refractivity contribution in [1.29, 1.82) is 0 Å². The van der Waals surface area contributed by atoms with Crippen molar-refractivity contribution in [3.8, 4) is 28.7 Å². The van der Waals surface area contributed by atoms with Gasteiger partial charge in [0.1, 0.15) is 45.6 Å². The minimum absolute atomic E-state index is 0.0192. The Morgan fingerprint density at radius 3 is 1.12 bits per heavy atom. The number of amides is 2. The highest BCUT2D eigenvalue weighted by molar-refractivity contribution is 6.14. The number of nitrogens with one attached hydrogen (secondary N) is 2. The van der Waals surface area contributed by atoms with Crippen LogP contribution < -0.4 is 34.3 Å². The fraction of sp³-hybridized carbons (Fsp3) is 0.266. The summed E-state index contributed by atoms with van der Waals surface area (Å²) in [4.78, 5) is 69.1. The first-order chi connectivity index (χ1) is 55.5. The number of ketones is 1. The molecular formula is C94H88N8O13. The Morgan fingerprint density at radius 1 is 0.409 bits per heavy atom. The number of carbonyl (C=O) groups excluding carboxylic acids is 3. The van der Waals surface area contributed by atoms with Crippen molar-refractivity contribution in [2.24, 2.45) is 0 Å².